The van der Waals surface area contributed by atoms with Gasteiger partial charge < -0.3 is 0 Å². The van der Waals surface area contributed by atoms with E-state index in [1.165, 1.54) is 26.2 Å². The molecule has 0 aromatic rings. The molecule has 2 unspecified atom stereocenters. The predicted molar refractivity (Wildman–Crippen MR) is 92.4 cm³/mol. The lowest BCUT2D eigenvalue weighted by molar-refractivity contribution is -0.171. The van der Waals surface area contributed by atoms with Crippen LogP contribution in [0.1, 0.15) is 32.6 Å². The quantitative estimate of drug-likeness (QED) is 0.324. The number of allylic oxidation sites excluding steroid dienone is 1. The molecule has 0 aromatic heterocycles. The van der Waals surface area contributed by atoms with Crippen molar-refractivity contribution in [1.29, 1.82) is 0 Å². The fraction of sp³-hybridized carbons (Fsp3) is 0.500. The minimum atomic E-state index is -2.32. The van der Waals surface area contributed by atoms with Crippen molar-refractivity contribution in [2.45, 2.75) is 43.8 Å². The molecule has 3 aliphatic rings. The second kappa shape index (κ2) is 6.96. The first-order valence-electron chi connectivity index (χ1n) is 8.46. The molecular formula is C18H20ClFN2O4. The molecule has 0 saturated carbocycles. The molecule has 0 fully saturated rings. The van der Waals surface area contributed by atoms with Gasteiger partial charge in [-0.3, -0.25) is 24.1 Å². The van der Waals surface area contributed by atoms with Gasteiger partial charge in [0, 0.05) is 23.6 Å². The van der Waals surface area contributed by atoms with Crippen molar-refractivity contribution >= 4 is 29.3 Å². The molecule has 3 rings (SSSR count). The standard InChI is InChI=1S/C18H20ClFN2O4/c1-11(23)21(26-2)10-12-9-13(7-8-18(12,19)20)22-16(24)14-5-3-4-6-15(14)17(22)25/h7-9,13H,3-6,10H2,1-2H3. The van der Waals surface area contributed by atoms with Crippen molar-refractivity contribution in [3.8, 4) is 0 Å². The van der Waals surface area contributed by atoms with Gasteiger partial charge in [0.05, 0.1) is 19.7 Å². The summed E-state index contributed by atoms with van der Waals surface area (Å²) < 4.78 is 14.7. The molecule has 1 heterocycles. The SMILES string of the molecule is CON(CC1=CC(N2C(=O)C3=C(CCCC3)C2=O)C=CC1(F)Cl)C(C)=O. The van der Waals surface area contributed by atoms with Crippen LogP contribution in [0.2, 0.25) is 0 Å². The average molecular weight is 383 g/mol. The van der Waals surface area contributed by atoms with Crippen molar-refractivity contribution in [1.82, 2.24) is 9.96 Å². The molecule has 8 heteroatoms. The van der Waals surface area contributed by atoms with E-state index in [-0.39, 0.29) is 23.9 Å². The fourth-order valence-electron chi connectivity index (χ4n) is 3.51. The Kier molecular flexibility index (Phi) is 5.03. The third-order valence-corrected chi connectivity index (χ3v) is 5.28. The molecule has 26 heavy (non-hydrogen) atoms. The molecule has 140 valence electrons. The first-order chi connectivity index (χ1) is 12.3. The summed E-state index contributed by atoms with van der Waals surface area (Å²) in [5, 5.41) is -1.36. The maximum Gasteiger partial charge on any atom is 0.257 e. The number of imide groups is 1. The Hall–Kier alpha value is -1.99. The van der Waals surface area contributed by atoms with Crippen LogP contribution >= 0.6 is 11.6 Å². The van der Waals surface area contributed by atoms with Gasteiger partial charge in [-0.15, -0.1) is 0 Å². The molecule has 0 aromatic carbocycles. The van der Waals surface area contributed by atoms with E-state index in [9.17, 15) is 18.8 Å². The minimum absolute atomic E-state index is 0.0363. The Morgan fingerprint density at radius 2 is 1.92 bits per heavy atom. The van der Waals surface area contributed by atoms with E-state index in [0.717, 1.165) is 28.9 Å². The van der Waals surface area contributed by atoms with Gasteiger partial charge in [0.15, 0.2) is 0 Å². The summed E-state index contributed by atoms with van der Waals surface area (Å²) in [7, 11) is 1.29. The lowest BCUT2D eigenvalue weighted by atomic mass is 9.93. The molecule has 3 amide bonds. The number of amides is 3. The van der Waals surface area contributed by atoms with E-state index in [0.29, 0.717) is 24.0 Å². The van der Waals surface area contributed by atoms with Gasteiger partial charge in [-0.25, -0.2) is 9.45 Å². The van der Waals surface area contributed by atoms with Gasteiger partial charge >= 0.3 is 0 Å². The van der Waals surface area contributed by atoms with Crippen LogP contribution in [-0.4, -0.2) is 52.5 Å². The Balaban J connectivity index is 1.88. The maximum absolute atomic E-state index is 14.7. The minimum Gasteiger partial charge on any atom is -0.274 e. The normalized spacial score (nSPS) is 28.4. The number of hydrogen-bond acceptors (Lipinski definition) is 4. The summed E-state index contributed by atoms with van der Waals surface area (Å²) in [6, 6.07) is -0.746. The van der Waals surface area contributed by atoms with E-state index in [1.54, 1.807) is 0 Å². The van der Waals surface area contributed by atoms with E-state index in [4.69, 9.17) is 16.4 Å². The van der Waals surface area contributed by atoms with E-state index >= 15 is 0 Å². The van der Waals surface area contributed by atoms with Crippen LogP contribution in [0, 0.1) is 0 Å². The Morgan fingerprint density at radius 1 is 1.35 bits per heavy atom. The first kappa shape index (κ1) is 18.8. The third-order valence-electron chi connectivity index (χ3n) is 4.91. The number of nitrogens with zero attached hydrogens (tertiary/aromatic N) is 2. The summed E-state index contributed by atoms with van der Waals surface area (Å²) in [5.41, 5.74) is 1.17. The second-order valence-electron chi connectivity index (χ2n) is 6.55. The number of alkyl halides is 2. The highest BCUT2D eigenvalue weighted by atomic mass is 35.5. The number of carbonyl (C=O) groups excluding carboxylic acids is 3. The van der Waals surface area contributed by atoms with Gasteiger partial charge in [-0.05, 0) is 31.8 Å². The van der Waals surface area contributed by atoms with E-state index in [1.807, 2.05) is 0 Å². The molecule has 0 N–H and O–H groups in total. The molecule has 0 radical (unpaired) electrons. The second-order valence-corrected chi connectivity index (χ2v) is 7.10. The van der Waals surface area contributed by atoms with Crippen LogP contribution < -0.4 is 0 Å². The van der Waals surface area contributed by atoms with E-state index < -0.39 is 17.1 Å². The van der Waals surface area contributed by atoms with Crippen molar-refractivity contribution in [3.63, 3.8) is 0 Å². The van der Waals surface area contributed by atoms with Crippen LogP contribution in [-0.2, 0) is 19.2 Å². The van der Waals surface area contributed by atoms with Crippen LogP contribution in [0.4, 0.5) is 4.39 Å². The number of rotatable bonds is 4. The highest BCUT2D eigenvalue weighted by Gasteiger charge is 2.44. The summed E-state index contributed by atoms with van der Waals surface area (Å²) >= 11 is 5.90. The fourth-order valence-corrected chi connectivity index (χ4v) is 3.70. The number of carbonyl (C=O) groups is 3. The van der Waals surface area contributed by atoms with Crippen molar-refractivity contribution in [2.75, 3.05) is 13.7 Å². The van der Waals surface area contributed by atoms with Crippen LogP contribution in [0.25, 0.3) is 0 Å². The highest BCUT2D eigenvalue weighted by Crippen LogP contribution is 2.38. The predicted octanol–water partition coefficient (Wildman–Crippen LogP) is 2.41. The molecule has 2 aliphatic carbocycles. The largest absolute Gasteiger partial charge is 0.274 e. The summed E-state index contributed by atoms with van der Waals surface area (Å²) in [6.45, 7) is 1.07. The third kappa shape index (κ3) is 3.21. The van der Waals surface area contributed by atoms with Gasteiger partial charge in [-0.2, -0.15) is 0 Å². The molecule has 0 spiro atoms. The zero-order valence-corrected chi connectivity index (χ0v) is 15.4. The smallest absolute Gasteiger partial charge is 0.257 e. The zero-order chi connectivity index (χ0) is 19.1. The van der Waals surface area contributed by atoms with Crippen molar-refractivity contribution in [3.05, 3.63) is 34.9 Å². The maximum atomic E-state index is 14.7. The molecule has 1 aliphatic heterocycles. The van der Waals surface area contributed by atoms with Crippen LogP contribution in [0.15, 0.2) is 34.9 Å². The first-order valence-corrected chi connectivity index (χ1v) is 8.84. The number of hydroxylamine groups is 2. The number of hydrogen-bond donors (Lipinski definition) is 0. The van der Waals surface area contributed by atoms with Gasteiger partial charge in [0.2, 0.25) is 11.0 Å². The van der Waals surface area contributed by atoms with Gasteiger partial charge in [0.25, 0.3) is 11.8 Å². The summed E-state index contributed by atoms with van der Waals surface area (Å²) in [6.07, 6.45) is 6.85. The Labute approximate surface area is 155 Å². The topological polar surface area (TPSA) is 66.9 Å². The van der Waals surface area contributed by atoms with Crippen LogP contribution in [0.5, 0.6) is 0 Å². The molecule has 2 atom stereocenters. The molecule has 0 saturated heterocycles. The zero-order valence-electron chi connectivity index (χ0n) is 14.6. The Bertz CT molecular complexity index is 728. The van der Waals surface area contributed by atoms with Gasteiger partial charge in [-0.1, -0.05) is 23.8 Å². The van der Waals surface area contributed by atoms with Crippen LogP contribution in [0.3, 0.4) is 0 Å². The van der Waals surface area contributed by atoms with E-state index in [2.05, 4.69) is 0 Å². The molecule has 0 bridgehead atoms. The lowest BCUT2D eigenvalue weighted by Crippen LogP contribution is -2.43. The monoisotopic (exact) mass is 382 g/mol. The average Bonchev–Trinajstić information content (AvgIpc) is 2.85. The highest BCUT2D eigenvalue weighted by molar-refractivity contribution is 6.26. The molecule has 6 nitrogen and oxygen atoms in total. The lowest BCUT2D eigenvalue weighted by Gasteiger charge is -2.31. The molecular weight excluding hydrogens is 363 g/mol. The number of halogens is 2. The Morgan fingerprint density at radius 3 is 2.42 bits per heavy atom. The van der Waals surface area contributed by atoms with Crippen molar-refractivity contribution < 1.29 is 23.6 Å². The van der Waals surface area contributed by atoms with Gasteiger partial charge in [0.1, 0.15) is 0 Å². The van der Waals surface area contributed by atoms with Crippen molar-refractivity contribution in [2.24, 2.45) is 0 Å². The summed E-state index contributed by atoms with van der Waals surface area (Å²) in [4.78, 5) is 42.9. The summed E-state index contributed by atoms with van der Waals surface area (Å²) in [5.74, 6) is -1.07.